The largest absolute Gasteiger partial charge is 0.491 e. The first-order valence-corrected chi connectivity index (χ1v) is 3.55. The zero-order valence-corrected chi connectivity index (χ0v) is 7.15. The van der Waals surface area contributed by atoms with E-state index in [1.54, 1.807) is 0 Å². The van der Waals surface area contributed by atoms with Gasteiger partial charge in [0, 0.05) is 0 Å². The molecule has 0 radical (unpaired) electrons. The van der Waals surface area contributed by atoms with Gasteiger partial charge in [0.25, 0.3) is 0 Å². The summed E-state index contributed by atoms with van der Waals surface area (Å²) in [5.74, 6) is -10.3. The lowest BCUT2D eigenvalue weighted by molar-refractivity contribution is -0.257. The summed E-state index contributed by atoms with van der Waals surface area (Å²) in [6.07, 6.45) is -8.22. The van der Waals surface area contributed by atoms with Crippen LogP contribution in [-0.4, -0.2) is 46.2 Å². The molecule has 0 aliphatic carbocycles. The minimum atomic E-state index is -5.50. The maximum absolute atomic E-state index is 11.7. The average molecular weight is 244 g/mol. The smallest absolute Gasteiger partial charge is 0.412 e. The number of hydrogen-bond donors (Lipinski definition) is 2. The maximum atomic E-state index is 11.7. The van der Waals surface area contributed by atoms with Crippen molar-refractivity contribution in [3.8, 4) is 0 Å². The summed E-state index contributed by atoms with van der Waals surface area (Å²) in [5.41, 5.74) is 0. The van der Waals surface area contributed by atoms with Crippen molar-refractivity contribution in [2.75, 3.05) is 0 Å². The van der Waals surface area contributed by atoms with Gasteiger partial charge in [0.15, 0.2) is 0 Å². The Hall–Kier alpha value is -1.68. The van der Waals surface area contributed by atoms with E-state index >= 15 is 0 Å². The molecule has 0 aromatic carbocycles. The minimum absolute atomic E-state index is 1.72. The first-order chi connectivity index (χ1) is 7.09. The highest BCUT2D eigenvalue weighted by molar-refractivity contribution is 6.02. The third-order valence-corrected chi connectivity index (χ3v) is 1.56. The molecule has 1 aliphatic heterocycles. The van der Waals surface area contributed by atoms with Crippen molar-refractivity contribution in [1.82, 2.24) is 0 Å². The van der Waals surface area contributed by atoms with Gasteiger partial charge in [-0.15, -0.1) is 0 Å². The van der Waals surface area contributed by atoms with E-state index in [0.717, 1.165) is 0 Å². The van der Waals surface area contributed by atoms with Crippen LogP contribution in [0.1, 0.15) is 0 Å². The van der Waals surface area contributed by atoms with E-state index in [9.17, 15) is 27.6 Å². The summed E-state index contributed by atoms with van der Waals surface area (Å²) in [7, 11) is 0. The summed E-state index contributed by atoms with van der Waals surface area (Å²) < 4.78 is 42.0. The van der Waals surface area contributed by atoms with Crippen molar-refractivity contribution in [3.63, 3.8) is 0 Å². The third-order valence-electron chi connectivity index (χ3n) is 1.56. The number of carbonyl (C=O) groups excluding carboxylic acids is 3. The van der Waals surface area contributed by atoms with Gasteiger partial charge < -0.3 is 19.7 Å². The molecular weight excluding hydrogens is 241 g/mol. The van der Waals surface area contributed by atoms with Crippen LogP contribution in [0.25, 0.3) is 0 Å². The molecule has 0 bridgehead atoms. The number of hydrogen-bond acceptors (Lipinski definition) is 7. The molecule has 1 unspecified atom stereocenters. The first kappa shape index (κ1) is 12.4. The van der Waals surface area contributed by atoms with Crippen molar-refractivity contribution in [1.29, 1.82) is 0 Å². The molecule has 10 heteroatoms. The van der Waals surface area contributed by atoms with Crippen LogP contribution in [0, 0.1) is 0 Å². The summed E-state index contributed by atoms with van der Waals surface area (Å²) in [4.78, 5) is 31.5. The normalized spacial score (nSPS) is 30.2. The zero-order valence-electron chi connectivity index (χ0n) is 7.15. The Morgan fingerprint density at radius 1 is 1.44 bits per heavy atom. The van der Waals surface area contributed by atoms with Crippen LogP contribution in [0.5, 0.6) is 0 Å². The SMILES string of the molecule is O=C1OC(=O)[C@@](O)(OC(=O)C(F)(F)F)C1O. The molecule has 0 amide bonds. The Kier molecular flexibility index (Phi) is 2.65. The Labute approximate surface area is 84.4 Å². The molecule has 1 heterocycles. The number of rotatable bonds is 1. The lowest BCUT2D eigenvalue weighted by Crippen LogP contribution is -2.51. The molecule has 0 aromatic heterocycles. The minimum Gasteiger partial charge on any atom is -0.412 e. The highest BCUT2D eigenvalue weighted by Gasteiger charge is 2.62. The molecule has 16 heavy (non-hydrogen) atoms. The van der Waals surface area contributed by atoms with Gasteiger partial charge in [-0.1, -0.05) is 0 Å². The monoisotopic (exact) mass is 244 g/mol. The molecule has 1 rings (SSSR count). The third kappa shape index (κ3) is 1.84. The number of ether oxygens (including phenoxy) is 2. The fourth-order valence-electron chi connectivity index (χ4n) is 0.788. The van der Waals surface area contributed by atoms with Crippen molar-refractivity contribution in [2.45, 2.75) is 18.1 Å². The number of halogens is 3. The second-order valence-electron chi connectivity index (χ2n) is 2.69. The first-order valence-electron chi connectivity index (χ1n) is 3.55. The number of alkyl halides is 3. The predicted molar refractivity (Wildman–Crippen MR) is 34.2 cm³/mol. The highest BCUT2D eigenvalue weighted by Crippen LogP contribution is 2.27. The molecule has 0 saturated carbocycles. The zero-order chi connectivity index (χ0) is 12.7. The van der Waals surface area contributed by atoms with Crippen molar-refractivity contribution >= 4 is 17.9 Å². The van der Waals surface area contributed by atoms with E-state index in [2.05, 4.69) is 9.47 Å². The van der Waals surface area contributed by atoms with Crippen molar-refractivity contribution in [2.24, 2.45) is 0 Å². The number of cyclic esters (lactones) is 2. The summed E-state index contributed by atoms with van der Waals surface area (Å²) >= 11 is 0. The quantitative estimate of drug-likeness (QED) is 0.319. The molecule has 90 valence electrons. The van der Waals surface area contributed by atoms with Crippen molar-refractivity contribution < 1.29 is 47.2 Å². The average Bonchev–Trinajstić information content (AvgIpc) is 2.29. The highest BCUT2D eigenvalue weighted by atomic mass is 19.4. The Bertz CT molecular complexity index is 362. The lowest BCUT2D eigenvalue weighted by atomic mass is 10.2. The number of aliphatic hydroxyl groups is 2. The Balaban J connectivity index is 2.92. The standard InChI is InChI=1S/C6H3F3O7/c7-6(8,9)4(13)16-5(14)1(10)2(11)15-3(5)12/h1,10,14H/t1?,5-/m0/s1. The van der Waals surface area contributed by atoms with E-state index in [1.165, 1.54) is 0 Å². The fourth-order valence-corrected chi connectivity index (χ4v) is 0.788. The van der Waals surface area contributed by atoms with E-state index in [4.69, 9.17) is 10.2 Å². The molecule has 2 N–H and O–H groups in total. The van der Waals surface area contributed by atoms with Gasteiger partial charge in [-0.2, -0.15) is 13.2 Å². The van der Waals surface area contributed by atoms with Crippen LogP contribution in [0.2, 0.25) is 0 Å². The van der Waals surface area contributed by atoms with Gasteiger partial charge in [-0.25, -0.2) is 14.4 Å². The van der Waals surface area contributed by atoms with Crippen LogP contribution >= 0.6 is 0 Å². The Morgan fingerprint density at radius 2 is 1.94 bits per heavy atom. The second kappa shape index (κ2) is 3.42. The van der Waals surface area contributed by atoms with Crippen molar-refractivity contribution in [3.05, 3.63) is 0 Å². The van der Waals surface area contributed by atoms with Gasteiger partial charge in [0.2, 0.25) is 6.10 Å². The van der Waals surface area contributed by atoms with Gasteiger partial charge >= 0.3 is 29.9 Å². The molecule has 1 aliphatic rings. The van der Waals surface area contributed by atoms with Crippen LogP contribution < -0.4 is 0 Å². The molecule has 1 saturated heterocycles. The van der Waals surface area contributed by atoms with E-state index in [-0.39, 0.29) is 0 Å². The van der Waals surface area contributed by atoms with Crippen LogP contribution in [0.15, 0.2) is 0 Å². The molecule has 7 nitrogen and oxygen atoms in total. The maximum Gasteiger partial charge on any atom is 0.491 e. The van der Waals surface area contributed by atoms with Crippen LogP contribution in [0.3, 0.4) is 0 Å². The Morgan fingerprint density at radius 3 is 2.25 bits per heavy atom. The number of aliphatic hydroxyl groups excluding tert-OH is 1. The molecule has 1 fully saturated rings. The van der Waals surface area contributed by atoms with Crippen LogP contribution in [-0.2, 0) is 23.9 Å². The van der Waals surface area contributed by atoms with E-state index in [1.807, 2.05) is 0 Å². The number of carbonyl (C=O) groups is 3. The topological polar surface area (TPSA) is 110 Å². The number of esters is 3. The fraction of sp³-hybridized carbons (Fsp3) is 0.500. The van der Waals surface area contributed by atoms with Crippen LogP contribution in [0.4, 0.5) is 13.2 Å². The lowest BCUT2D eigenvalue weighted by Gasteiger charge is -2.20. The predicted octanol–water partition coefficient (Wildman–Crippen LogP) is -1.78. The van der Waals surface area contributed by atoms with Gasteiger partial charge in [0.05, 0.1) is 0 Å². The summed E-state index contributed by atoms with van der Waals surface area (Å²) in [6.45, 7) is 0. The van der Waals surface area contributed by atoms with Gasteiger partial charge in [0.1, 0.15) is 0 Å². The second-order valence-corrected chi connectivity index (χ2v) is 2.69. The summed E-state index contributed by atoms with van der Waals surface area (Å²) in [5, 5.41) is 17.9. The molecule has 0 aromatic rings. The molecule has 2 atom stereocenters. The summed E-state index contributed by atoms with van der Waals surface area (Å²) in [6, 6.07) is 0. The van der Waals surface area contributed by atoms with E-state index in [0.29, 0.717) is 0 Å². The molecular formula is C6H3F3O7. The van der Waals surface area contributed by atoms with E-state index < -0.39 is 36.0 Å². The molecule has 0 spiro atoms. The van der Waals surface area contributed by atoms with Gasteiger partial charge in [-0.3, -0.25) is 0 Å². The van der Waals surface area contributed by atoms with Gasteiger partial charge in [-0.05, 0) is 0 Å².